The third kappa shape index (κ3) is 2.29. The lowest BCUT2D eigenvalue weighted by Gasteiger charge is -2.23. The van der Waals surface area contributed by atoms with Crippen LogP contribution in [0.4, 0.5) is 0 Å². The van der Waals surface area contributed by atoms with E-state index in [2.05, 4.69) is 0 Å². The molecule has 0 fully saturated rings. The third-order valence-corrected chi connectivity index (χ3v) is 4.08. The molecule has 0 spiro atoms. The van der Waals surface area contributed by atoms with E-state index in [1.54, 1.807) is 20.3 Å². The Labute approximate surface area is 134 Å². The molecular formula is C18H18O5. The fraction of sp³-hybridized carbons (Fsp3) is 0.278. The van der Waals surface area contributed by atoms with Crippen LogP contribution in [0, 0.1) is 0 Å². The highest BCUT2D eigenvalue weighted by molar-refractivity contribution is 6.15. The van der Waals surface area contributed by atoms with Crippen molar-refractivity contribution >= 4 is 5.78 Å². The van der Waals surface area contributed by atoms with Gasteiger partial charge < -0.3 is 18.9 Å². The molecule has 0 amide bonds. The number of rotatable bonds is 4. The minimum Gasteiger partial charge on any atom is -0.497 e. The highest BCUT2D eigenvalue weighted by Gasteiger charge is 2.31. The van der Waals surface area contributed by atoms with Gasteiger partial charge >= 0.3 is 0 Å². The zero-order valence-corrected chi connectivity index (χ0v) is 13.6. The second-order valence-electron chi connectivity index (χ2n) is 5.21. The van der Waals surface area contributed by atoms with Crippen molar-refractivity contribution in [2.75, 3.05) is 28.4 Å². The van der Waals surface area contributed by atoms with Gasteiger partial charge in [-0.15, -0.1) is 0 Å². The van der Waals surface area contributed by atoms with Crippen molar-refractivity contribution in [3.63, 3.8) is 0 Å². The van der Waals surface area contributed by atoms with Gasteiger partial charge in [0.05, 0.1) is 34.0 Å². The van der Waals surface area contributed by atoms with Crippen LogP contribution in [0.25, 0.3) is 0 Å². The van der Waals surface area contributed by atoms with Crippen molar-refractivity contribution in [3.05, 3.63) is 46.5 Å². The topological polar surface area (TPSA) is 54.0 Å². The summed E-state index contributed by atoms with van der Waals surface area (Å²) in [4.78, 5) is 13.0. The minimum absolute atomic E-state index is 0.0991. The van der Waals surface area contributed by atoms with E-state index in [4.69, 9.17) is 18.9 Å². The molecule has 0 atom stereocenters. The third-order valence-electron chi connectivity index (χ3n) is 4.08. The first kappa shape index (κ1) is 15.2. The Balaban J connectivity index is 2.24. The van der Waals surface area contributed by atoms with Crippen molar-refractivity contribution in [2.45, 2.75) is 6.42 Å². The molecule has 5 heteroatoms. The van der Waals surface area contributed by atoms with Gasteiger partial charge in [0.1, 0.15) is 5.75 Å². The van der Waals surface area contributed by atoms with Crippen molar-refractivity contribution < 1.29 is 23.7 Å². The van der Waals surface area contributed by atoms with Crippen molar-refractivity contribution in [1.82, 2.24) is 0 Å². The molecule has 0 N–H and O–H groups in total. The highest BCUT2D eigenvalue weighted by Crippen LogP contribution is 2.45. The summed E-state index contributed by atoms with van der Waals surface area (Å²) in [6, 6.07) is 7.37. The normalized spacial score (nSPS) is 12.3. The fourth-order valence-electron chi connectivity index (χ4n) is 2.98. The average molecular weight is 314 g/mol. The Morgan fingerprint density at radius 1 is 0.826 bits per heavy atom. The van der Waals surface area contributed by atoms with Crippen LogP contribution in [-0.2, 0) is 6.42 Å². The van der Waals surface area contributed by atoms with Gasteiger partial charge in [0.15, 0.2) is 17.3 Å². The Kier molecular flexibility index (Phi) is 3.86. The van der Waals surface area contributed by atoms with Gasteiger partial charge in [0.2, 0.25) is 5.75 Å². The molecule has 120 valence electrons. The first-order valence-corrected chi connectivity index (χ1v) is 7.18. The number of carbonyl (C=O) groups is 1. The maximum absolute atomic E-state index is 13.0. The van der Waals surface area contributed by atoms with Crippen LogP contribution in [0.5, 0.6) is 23.0 Å². The second kappa shape index (κ2) is 5.83. The fourth-order valence-corrected chi connectivity index (χ4v) is 2.98. The SMILES string of the molecule is COc1ccc2c(c1)C(=O)c1c(cc(OC)c(OC)c1OC)C2. The summed E-state index contributed by atoms with van der Waals surface area (Å²) < 4.78 is 21.4. The summed E-state index contributed by atoms with van der Waals surface area (Å²) in [5.41, 5.74) is 2.97. The molecule has 5 nitrogen and oxygen atoms in total. The van der Waals surface area contributed by atoms with Gasteiger partial charge in [0.25, 0.3) is 0 Å². The summed E-state index contributed by atoms with van der Waals surface area (Å²) in [6.07, 6.45) is 0.622. The molecule has 23 heavy (non-hydrogen) atoms. The van der Waals surface area contributed by atoms with E-state index < -0.39 is 0 Å². The van der Waals surface area contributed by atoms with Gasteiger partial charge in [-0.25, -0.2) is 0 Å². The molecule has 0 bridgehead atoms. The van der Waals surface area contributed by atoms with E-state index in [1.165, 1.54) is 14.2 Å². The molecule has 0 aromatic heterocycles. The van der Waals surface area contributed by atoms with E-state index in [0.717, 1.165) is 11.1 Å². The number of ether oxygens (including phenoxy) is 4. The monoisotopic (exact) mass is 314 g/mol. The summed E-state index contributed by atoms with van der Waals surface area (Å²) in [5, 5.41) is 0. The Morgan fingerprint density at radius 2 is 1.57 bits per heavy atom. The zero-order chi connectivity index (χ0) is 16.6. The lowest BCUT2D eigenvalue weighted by molar-refractivity contribution is 0.103. The largest absolute Gasteiger partial charge is 0.497 e. The summed E-state index contributed by atoms with van der Waals surface area (Å²) >= 11 is 0. The Hall–Kier alpha value is -2.69. The van der Waals surface area contributed by atoms with Gasteiger partial charge in [-0.1, -0.05) is 6.07 Å². The summed E-state index contributed by atoms with van der Waals surface area (Å²) in [5.74, 6) is 1.93. The molecule has 0 heterocycles. The number of hydrogen-bond donors (Lipinski definition) is 0. The molecule has 3 rings (SSSR count). The van der Waals surface area contributed by atoms with Gasteiger partial charge in [0, 0.05) is 5.56 Å². The molecule has 1 aliphatic rings. The first-order chi connectivity index (χ1) is 11.1. The van der Waals surface area contributed by atoms with Gasteiger partial charge in [-0.2, -0.15) is 0 Å². The highest BCUT2D eigenvalue weighted by atomic mass is 16.5. The number of ketones is 1. The van der Waals surface area contributed by atoms with E-state index in [9.17, 15) is 4.79 Å². The smallest absolute Gasteiger partial charge is 0.204 e. The van der Waals surface area contributed by atoms with E-state index in [-0.39, 0.29) is 5.78 Å². The number of benzene rings is 2. The number of hydrogen-bond acceptors (Lipinski definition) is 5. The predicted molar refractivity (Wildman–Crippen MR) is 85.3 cm³/mol. The molecule has 0 radical (unpaired) electrons. The van der Waals surface area contributed by atoms with Crippen LogP contribution < -0.4 is 18.9 Å². The van der Waals surface area contributed by atoms with Gasteiger partial charge in [-0.3, -0.25) is 4.79 Å². The van der Waals surface area contributed by atoms with E-state index >= 15 is 0 Å². The molecule has 0 unspecified atom stereocenters. The van der Waals surface area contributed by atoms with Crippen LogP contribution in [0.2, 0.25) is 0 Å². The maximum atomic E-state index is 13.0. The summed E-state index contributed by atoms with van der Waals surface area (Å²) in [6.45, 7) is 0. The predicted octanol–water partition coefficient (Wildman–Crippen LogP) is 2.86. The lowest BCUT2D eigenvalue weighted by Crippen LogP contribution is -2.17. The minimum atomic E-state index is -0.0991. The van der Waals surface area contributed by atoms with Crippen LogP contribution in [0.1, 0.15) is 27.0 Å². The molecular weight excluding hydrogens is 296 g/mol. The quantitative estimate of drug-likeness (QED) is 0.741. The standard InChI is InChI=1S/C18H18O5/c1-20-12-6-5-10-7-11-8-14(21-2)17(22-3)18(23-4)15(11)16(19)13(10)9-12/h5-6,8-9H,7H2,1-4H3. The van der Waals surface area contributed by atoms with Gasteiger partial charge in [-0.05, 0) is 35.7 Å². The molecule has 1 aliphatic carbocycles. The Bertz CT molecular complexity index is 779. The number of methoxy groups -OCH3 is 4. The molecule has 0 saturated heterocycles. The number of carbonyl (C=O) groups excluding carboxylic acids is 1. The molecule has 2 aromatic rings. The van der Waals surface area contributed by atoms with Crippen molar-refractivity contribution in [1.29, 1.82) is 0 Å². The first-order valence-electron chi connectivity index (χ1n) is 7.18. The maximum Gasteiger partial charge on any atom is 0.204 e. The van der Waals surface area contributed by atoms with Crippen LogP contribution in [0.3, 0.4) is 0 Å². The number of fused-ring (bicyclic) bond motifs is 2. The van der Waals surface area contributed by atoms with Crippen LogP contribution in [0.15, 0.2) is 24.3 Å². The van der Waals surface area contributed by atoms with Crippen molar-refractivity contribution in [2.24, 2.45) is 0 Å². The zero-order valence-electron chi connectivity index (χ0n) is 13.6. The van der Waals surface area contributed by atoms with Crippen molar-refractivity contribution in [3.8, 4) is 23.0 Å². The molecule has 0 saturated carbocycles. The Morgan fingerprint density at radius 3 is 2.17 bits per heavy atom. The molecule has 0 aliphatic heterocycles. The van der Waals surface area contributed by atoms with E-state index in [0.29, 0.717) is 40.5 Å². The van der Waals surface area contributed by atoms with Crippen LogP contribution >= 0.6 is 0 Å². The van der Waals surface area contributed by atoms with Crippen LogP contribution in [-0.4, -0.2) is 34.2 Å². The lowest BCUT2D eigenvalue weighted by atomic mass is 9.84. The molecule has 2 aromatic carbocycles. The van der Waals surface area contributed by atoms with E-state index in [1.807, 2.05) is 18.2 Å². The second-order valence-corrected chi connectivity index (χ2v) is 5.21. The summed E-state index contributed by atoms with van der Waals surface area (Å²) in [7, 11) is 6.19. The average Bonchev–Trinajstić information content (AvgIpc) is 2.59.